The van der Waals surface area contributed by atoms with Crippen LogP contribution in [-0.4, -0.2) is 86.6 Å². The molecule has 0 aromatic carbocycles. The molecule has 0 spiro atoms. The lowest BCUT2D eigenvalue weighted by molar-refractivity contribution is -0.137. The zero-order valence-corrected chi connectivity index (χ0v) is 14.1. The van der Waals surface area contributed by atoms with E-state index in [9.17, 15) is 4.79 Å². The van der Waals surface area contributed by atoms with Crippen molar-refractivity contribution in [2.45, 2.75) is 38.3 Å². The van der Waals surface area contributed by atoms with E-state index in [4.69, 9.17) is 0 Å². The summed E-state index contributed by atoms with van der Waals surface area (Å²) in [7, 11) is 6.32. The van der Waals surface area contributed by atoms with Gasteiger partial charge in [0.2, 0.25) is 5.91 Å². The summed E-state index contributed by atoms with van der Waals surface area (Å²) in [5.74, 6) is 0.794. The molecule has 0 aromatic heterocycles. The molecule has 2 heterocycles. The van der Waals surface area contributed by atoms with Crippen molar-refractivity contribution in [2.24, 2.45) is 5.92 Å². The largest absolute Gasteiger partial charge is 0.337 e. The third kappa shape index (κ3) is 4.41. The van der Waals surface area contributed by atoms with Crippen LogP contribution in [0.4, 0.5) is 0 Å². The van der Waals surface area contributed by atoms with E-state index in [1.165, 1.54) is 0 Å². The Hall–Kier alpha value is -0.650. The first-order valence-corrected chi connectivity index (χ1v) is 8.36. The fourth-order valence-corrected chi connectivity index (χ4v) is 3.43. The number of hydrogen-bond acceptors (Lipinski definition) is 4. The van der Waals surface area contributed by atoms with E-state index in [0.717, 1.165) is 52.0 Å². The molecule has 1 N–H and O–H groups in total. The second kappa shape index (κ2) is 7.56. The molecule has 2 unspecified atom stereocenters. The fraction of sp³-hybridized carbons (Fsp3) is 0.938. The molecule has 0 bridgehead atoms. The number of carbonyl (C=O) groups is 1. The highest BCUT2D eigenvalue weighted by molar-refractivity contribution is 5.83. The quantitative estimate of drug-likeness (QED) is 0.800. The second-order valence-corrected chi connectivity index (χ2v) is 7.07. The van der Waals surface area contributed by atoms with Crippen molar-refractivity contribution < 1.29 is 4.79 Å². The average Bonchev–Trinajstić information content (AvgIpc) is 2.86. The number of likely N-dealkylation sites (N-methyl/N-ethyl adjacent to an activating group) is 1. The Kier molecular flexibility index (Phi) is 6.02. The van der Waals surface area contributed by atoms with Crippen LogP contribution in [0.25, 0.3) is 0 Å². The molecule has 0 aromatic rings. The van der Waals surface area contributed by atoms with Crippen molar-refractivity contribution in [1.29, 1.82) is 0 Å². The summed E-state index contributed by atoms with van der Waals surface area (Å²) in [4.78, 5) is 19.7. The molecule has 1 amide bonds. The predicted octanol–water partition coefficient (Wildman–Crippen LogP) is 0.469. The minimum atomic E-state index is 0.0341. The molecule has 2 fully saturated rings. The summed E-state index contributed by atoms with van der Waals surface area (Å²) in [6.45, 7) is 7.17. The zero-order chi connectivity index (χ0) is 15.4. The minimum absolute atomic E-state index is 0.0341. The van der Waals surface area contributed by atoms with E-state index in [0.29, 0.717) is 17.9 Å². The highest BCUT2D eigenvalue weighted by atomic mass is 16.2. The van der Waals surface area contributed by atoms with Crippen LogP contribution in [0.1, 0.15) is 26.2 Å². The number of nitrogens with zero attached hydrogens (tertiary/aromatic N) is 3. The lowest BCUT2D eigenvalue weighted by Crippen LogP contribution is -2.54. The maximum absolute atomic E-state index is 13.0. The van der Waals surface area contributed by atoms with Gasteiger partial charge >= 0.3 is 0 Å². The molecule has 2 aliphatic rings. The highest BCUT2D eigenvalue weighted by Crippen LogP contribution is 2.21. The molecule has 122 valence electrons. The van der Waals surface area contributed by atoms with Crippen molar-refractivity contribution in [3.63, 3.8) is 0 Å². The third-order valence-electron chi connectivity index (χ3n) is 5.00. The molecule has 21 heavy (non-hydrogen) atoms. The Morgan fingerprint density at radius 2 is 1.86 bits per heavy atom. The predicted molar refractivity (Wildman–Crippen MR) is 86.4 cm³/mol. The van der Waals surface area contributed by atoms with Gasteiger partial charge in [-0.05, 0) is 66.0 Å². The van der Waals surface area contributed by atoms with Gasteiger partial charge in [0.05, 0.1) is 6.04 Å². The van der Waals surface area contributed by atoms with Crippen LogP contribution >= 0.6 is 0 Å². The summed E-state index contributed by atoms with van der Waals surface area (Å²) in [6, 6.07) is 0.454. The third-order valence-corrected chi connectivity index (χ3v) is 5.00. The van der Waals surface area contributed by atoms with Gasteiger partial charge in [0.1, 0.15) is 0 Å². The van der Waals surface area contributed by atoms with Gasteiger partial charge in [-0.25, -0.2) is 0 Å². The molecular weight excluding hydrogens is 264 g/mol. The number of carbonyl (C=O) groups excluding carboxylic acids is 1. The number of nitrogens with one attached hydrogen (secondary N) is 1. The van der Waals surface area contributed by atoms with Crippen LogP contribution in [0.5, 0.6) is 0 Å². The van der Waals surface area contributed by atoms with Crippen molar-refractivity contribution >= 4 is 5.91 Å². The molecule has 2 atom stereocenters. The Morgan fingerprint density at radius 1 is 1.19 bits per heavy atom. The van der Waals surface area contributed by atoms with Crippen molar-refractivity contribution in [3.8, 4) is 0 Å². The Labute approximate surface area is 129 Å². The minimum Gasteiger partial charge on any atom is -0.337 e. The highest BCUT2D eigenvalue weighted by Gasteiger charge is 2.35. The molecule has 2 rings (SSSR count). The van der Waals surface area contributed by atoms with Crippen LogP contribution in [0.3, 0.4) is 0 Å². The molecule has 2 aliphatic heterocycles. The van der Waals surface area contributed by atoms with E-state index < -0.39 is 0 Å². The first kappa shape index (κ1) is 16.7. The van der Waals surface area contributed by atoms with Crippen LogP contribution in [0.15, 0.2) is 0 Å². The zero-order valence-electron chi connectivity index (χ0n) is 14.1. The standard InChI is InChI=1S/C16H32N4O/c1-13-5-8-17-15(13)16(21)20(12-11-18(2)3)14-6-9-19(4)10-7-14/h13-15,17H,5-12H2,1-4H3. The van der Waals surface area contributed by atoms with Crippen molar-refractivity contribution in [3.05, 3.63) is 0 Å². The number of likely N-dealkylation sites (tertiary alicyclic amines) is 1. The van der Waals surface area contributed by atoms with Crippen LogP contribution in [-0.2, 0) is 4.79 Å². The van der Waals surface area contributed by atoms with Gasteiger partial charge in [-0.15, -0.1) is 0 Å². The number of piperidine rings is 1. The monoisotopic (exact) mass is 296 g/mol. The van der Waals surface area contributed by atoms with Gasteiger partial charge in [0, 0.05) is 19.1 Å². The Balaban J connectivity index is 2.02. The summed E-state index contributed by atoms with van der Waals surface area (Å²) in [6.07, 6.45) is 3.33. The van der Waals surface area contributed by atoms with Gasteiger partial charge in [-0.3, -0.25) is 4.79 Å². The van der Waals surface area contributed by atoms with E-state index >= 15 is 0 Å². The number of rotatable bonds is 5. The number of amides is 1. The van der Waals surface area contributed by atoms with Gasteiger partial charge < -0.3 is 20.0 Å². The Bertz CT molecular complexity index is 339. The topological polar surface area (TPSA) is 38.8 Å². The molecular formula is C16H32N4O. The first-order valence-electron chi connectivity index (χ1n) is 8.36. The molecule has 0 radical (unpaired) electrons. The van der Waals surface area contributed by atoms with Crippen molar-refractivity contribution in [2.75, 3.05) is 53.9 Å². The maximum atomic E-state index is 13.0. The van der Waals surface area contributed by atoms with Crippen LogP contribution < -0.4 is 5.32 Å². The SMILES string of the molecule is CC1CCNC1C(=O)N(CCN(C)C)C1CCN(C)CC1. The average molecular weight is 296 g/mol. The normalized spacial score (nSPS) is 28.2. The van der Waals surface area contributed by atoms with Crippen molar-refractivity contribution in [1.82, 2.24) is 20.0 Å². The van der Waals surface area contributed by atoms with Gasteiger partial charge in [0.15, 0.2) is 0 Å². The summed E-state index contributed by atoms with van der Waals surface area (Å²) in [5, 5.41) is 3.41. The maximum Gasteiger partial charge on any atom is 0.240 e. The van der Waals surface area contributed by atoms with Crippen LogP contribution in [0.2, 0.25) is 0 Å². The van der Waals surface area contributed by atoms with E-state index in [1.807, 2.05) is 0 Å². The summed E-state index contributed by atoms with van der Waals surface area (Å²) in [5.41, 5.74) is 0. The Morgan fingerprint density at radius 3 is 2.38 bits per heavy atom. The smallest absolute Gasteiger partial charge is 0.240 e. The van der Waals surface area contributed by atoms with E-state index in [2.05, 4.69) is 48.1 Å². The lowest BCUT2D eigenvalue weighted by atomic mass is 9.98. The van der Waals surface area contributed by atoms with Gasteiger partial charge in [0.25, 0.3) is 0 Å². The second-order valence-electron chi connectivity index (χ2n) is 7.07. The van der Waals surface area contributed by atoms with E-state index in [1.54, 1.807) is 0 Å². The summed E-state index contributed by atoms with van der Waals surface area (Å²) >= 11 is 0. The van der Waals surface area contributed by atoms with E-state index in [-0.39, 0.29) is 6.04 Å². The lowest BCUT2D eigenvalue weighted by Gasteiger charge is -2.39. The van der Waals surface area contributed by atoms with Crippen LogP contribution in [0, 0.1) is 5.92 Å². The molecule has 0 saturated carbocycles. The summed E-state index contributed by atoms with van der Waals surface area (Å²) < 4.78 is 0. The van der Waals surface area contributed by atoms with Gasteiger partial charge in [-0.2, -0.15) is 0 Å². The first-order chi connectivity index (χ1) is 9.99. The molecule has 5 nitrogen and oxygen atoms in total. The molecule has 5 heteroatoms. The number of hydrogen-bond donors (Lipinski definition) is 1. The molecule has 0 aliphatic carbocycles. The molecule has 2 saturated heterocycles. The fourth-order valence-electron chi connectivity index (χ4n) is 3.43. The van der Waals surface area contributed by atoms with Gasteiger partial charge in [-0.1, -0.05) is 6.92 Å².